The number of carbonyl (C=O) groups excluding carboxylic acids is 2. The molecule has 0 radical (unpaired) electrons. The lowest BCUT2D eigenvalue weighted by Gasteiger charge is -2.08. The van der Waals surface area contributed by atoms with E-state index in [1.54, 1.807) is 30.3 Å². The Morgan fingerprint density at radius 2 is 1.48 bits per heavy atom. The molecule has 25 heavy (non-hydrogen) atoms. The standard InChI is InChI=1S/C18H17Cl2FN2O2/c19-14-4-3-13(16(20)11-14)8-10-23-18(25)17(24)22-9-7-12-1-5-15(21)6-2-12/h1-6,11H,7-10H2,(H,22,24)(H,23,25). The minimum Gasteiger partial charge on any atom is -0.348 e. The number of carbonyl (C=O) groups is 2. The number of rotatable bonds is 6. The molecule has 0 aliphatic rings. The van der Waals surface area contributed by atoms with Crippen molar-refractivity contribution in [3.8, 4) is 0 Å². The largest absolute Gasteiger partial charge is 0.348 e. The molecule has 7 heteroatoms. The summed E-state index contributed by atoms with van der Waals surface area (Å²) < 4.78 is 12.8. The van der Waals surface area contributed by atoms with Crippen molar-refractivity contribution in [3.05, 3.63) is 69.5 Å². The first-order chi connectivity index (χ1) is 12.0. The van der Waals surface area contributed by atoms with Crippen LogP contribution in [0.2, 0.25) is 10.0 Å². The topological polar surface area (TPSA) is 58.2 Å². The molecule has 0 heterocycles. The number of amides is 2. The zero-order chi connectivity index (χ0) is 18.2. The first-order valence-corrected chi connectivity index (χ1v) is 8.45. The van der Waals surface area contributed by atoms with Gasteiger partial charge in [-0.3, -0.25) is 9.59 Å². The van der Waals surface area contributed by atoms with Crippen molar-refractivity contribution in [2.24, 2.45) is 0 Å². The molecular formula is C18H17Cl2FN2O2. The van der Waals surface area contributed by atoms with E-state index in [0.29, 0.717) is 29.4 Å². The molecule has 0 saturated carbocycles. The molecule has 2 aromatic rings. The average Bonchev–Trinajstić information content (AvgIpc) is 2.58. The quantitative estimate of drug-likeness (QED) is 0.753. The van der Waals surface area contributed by atoms with Gasteiger partial charge in [-0.15, -0.1) is 0 Å². The molecule has 0 aromatic heterocycles. The number of benzene rings is 2. The highest BCUT2D eigenvalue weighted by molar-refractivity contribution is 6.35. The van der Waals surface area contributed by atoms with Crippen molar-refractivity contribution < 1.29 is 14.0 Å². The van der Waals surface area contributed by atoms with E-state index < -0.39 is 11.8 Å². The zero-order valence-corrected chi connectivity index (χ0v) is 14.8. The Morgan fingerprint density at radius 3 is 2.08 bits per heavy atom. The fraction of sp³-hybridized carbons (Fsp3) is 0.222. The lowest BCUT2D eigenvalue weighted by molar-refractivity contribution is -0.139. The number of nitrogens with one attached hydrogen (secondary N) is 2. The van der Waals surface area contributed by atoms with E-state index in [1.165, 1.54) is 12.1 Å². The molecule has 0 spiro atoms. The molecule has 132 valence electrons. The van der Waals surface area contributed by atoms with Gasteiger partial charge in [0, 0.05) is 23.1 Å². The molecule has 2 rings (SSSR count). The van der Waals surface area contributed by atoms with Crippen LogP contribution in [0, 0.1) is 5.82 Å². The molecule has 0 fully saturated rings. The highest BCUT2D eigenvalue weighted by atomic mass is 35.5. The molecule has 0 saturated heterocycles. The monoisotopic (exact) mass is 382 g/mol. The summed E-state index contributed by atoms with van der Waals surface area (Å²) in [6.45, 7) is 0.576. The van der Waals surface area contributed by atoms with Gasteiger partial charge in [0.15, 0.2) is 0 Å². The predicted molar refractivity (Wildman–Crippen MR) is 96.3 cm³/mol. The molecule has 2 aromatic carbocycles. The van der Waals surface area contributed by atoms with Crippen molar-refractivity contribution in [3.63, 3.8) is 0 Å². The third kappa shape index (κ3) is 6.36. The van der Waals surface area contributed by atoms with Gasteiger partial charge in [-0.25, -0.2) is 4.39 Å². The first kappa shape index (κ1) is 19.2. The Bertz CT molecular complexity index is 751. The normalized spacial score (nSPS) is 10.4. The van der Waals surface area contributed by atoms with Gasteiger partial charge >= 0.3 is 11.8 Å². The van der Waals surface area contributed by atoms with Gasteiger partial charge < -0.3 is 10.6 Å². The van der Waals surface area contributed by atoms with Gasteiger partial charge in [-0.05, 0) is 48.2 Å². The third-order valence-electron chi connectivity index (χ3n) is 3.51. The lowest BCUT2D eigenvalue weighted by Crippen LogP contribution is -2.41. The van der Waals surface area contributed by atoms with Crippen LogP contribution in [-0.4, -0.2) is 24.9 Å². The Hall–Kier alpha value is -2.11. The van der Waals surface area contributed by atoms with E-state index >= 15 is 0 Å². The van der Waals surface area contributed by atoms with E-state index in [1.807, 2.05) is 0 Å². The van der Waals surface area contributed by atoms with E-state index in [0.717, 1.165) is 11.1 Å². The van der Waals surface area contributed by atoms with Gasteiger partial charge in [0.25, 0.3) is 0 Å². The minimum atomic E-state index is -0.704. The van der Waals surface area contributed by atoms with Crippen LogP contribution >= 0.6 is 23.2 Å². The van der Waals surface area contributed by atoms with E-state index in [-0.39, 0.29) is 12.4 Å². The SMILES string of the molecule is O=C(NCCc1ccc(F)cc1)C(=O)NCCc1ccc(Cl)cc1Cl. The van der Waals surface area contributed by atoms with Gasteiger partial charge in [0.2, 0.25) is 0 Å². The van der Waals surface area contributed by atoms with Crippen molar-refractivity contribution >= 4 is 35.0 Å². The summed E-state index contributed by atoms with van der Waals surface area (Å²) in [5.74, 6) is -1.72. The zero-order valence-electron chi connectivity index (χ0n) is 13.3. The average molecular weight is 383 g/mol. The fourth-order valence-electron chi connectivity index (χ4n) is 2.17. The molecule has 0 aliphatic heterocycles. The second kappa shape index (κ2) is 9.39. The van der Waals surface area contributed by atoms with E-state index in [4.69, 9.17) is 23.2 Å². The van der Waals surface area contributed by atoms with E-state index in [9.17, 15) is 14.0 Å². The molecule has 4 nitrogen and oxygen atoms in total. The van der Waals surface area contributed by atoms with Crippen LogP contribution in [0.15, 0.2) is 42.5 Å². The number of hydrogen-bond acceptors (Lipinski definition) is 2. The second-order valence-electron chi connectivity index (χ2n) is 5.37. The summed E-state index contributed by atoms with van der Waals surface area (Å²) in [4.78, 5) is 23.4. The fourth-order valence-corrected chi connectivity index (χ4v) is 2.67. The minimum absolute atomic E-state index is 0.283. The summed E-state index contributed by atoms with van der Waals surface area (Å²) in [5, 5.41) is 6.12. The first-order valence-electron chi connectivity index (χ1n) is 7.70. The highest BCUT2D eigenvalue weighted by Crippen LogP contribution is 2.20. The van der Waals surface area contributed by atoms with Crippen molar-refractivity contribution in [1.29, 1.82) is 0 Å². The molecular weight excluding hydrogens is 366 g/mol. The van der Waals surface area contributed by atoms with Crippen LogP contribution < -0.4 is 10.6 Å². The van der Waals surface area contributed by atoms with E-state index in [2.05, 4.69) is 10.6 Å². The molecule has 0 atom stereocenters. The summed E-state index contributed by atoms with van der Waals surface area (Å²) in [5.41, 5.74) is 1.71. The summed E-state index contributed by atoms with van der Waals surface area (Å²) in [6.07, 6.45) is 1.00. The maximum atomic E-state index is 12.8. The van der Waals surface area contributed by atoms with Crippen molar-refractivity contribution in [2.75, 3.05) is 13.1 Å². The third-order valence-corrected chi connectivity index (χ3v) is 4.10. The van der Waals surface area contributed by atoms with Crippen LogP contribution in [0.3, 0.4) is 0 Å². The smallest absolute Gasteiger partial charge is 0.309 e. The Labute approximate surface area is 155 Å². The maximum Gasteiger partial charge on any atom is 0.309 e. The number of hydrogen-bond donors (Lipinski definition) is 2. The second-order valence-corrected chi connectivity index (χ2v) is 6.22. The summed E-state index contributed by atoms with van der Waals surface area (Å²) in [6, 6.07) is 11.1. The highest BCUT2D eigenvalue weighted by Gasteiger charge is 2.12. The molecule has 2 amide bonds. The Balaban J connectivity index is 1.69. The summed E-state index contributed by atoms with van der Waals surface area (Å²) in [7, 11) is 0. The Morgan fingerprint density at radius 1 is 0.880 bits per heavy atom. The van der Waals surface area contributed by atoms with Gasteiger partial charge in [0.05, 0.1) is 0 Å². The lowest BCUT2D eigenvalue weighted by atomic mass is 10.1. The molecule has 2 N–H and O–H groups in total. The van der Waals surface area contributed by atoms with Crippen molar-refractivity contribution in [2.45, 2.75) is 12.8 Å². The van der Waals surface area contributed by atoms with Crippen LogP contribution in [-0.2, 0) is 22.4 Å². The van der Waals surface area contributed by atoms with Gasteiger partial charge in [0.1, 0.15) is 5.82 Å². The van der Waals surface area contributed by atoms with Gasteiger partial charge in [-0.2, -0.15) is 0 Å². The van der Waals surface area contributed by atoms with Crippen LogP contribution in [0.1, 0.15) is 11.1 Å². The van der Waals surface area contributed by atoms with Crippen LogP contribution in [0.25, 0.3) is 0 Å². The Kier molecular flexibility index (Phi) is 7.22. The predicted octanol–water partition coefficient (Wildman–Crippen LogP) is 3.15. The number of halogens is 3. The maximum absolute atomic E-state index is 12.8. The van der Waals surface area contributed by atoms with Crippen LogP contribution in [0.4, 0.5) is 4.39 Å². The molecule has 0 unspecified atom stereocenters. The van der Waals surface area contributed by atoms with Crippen LogP contribution in [0.5, 0.6) is 0 Å². The molecule has 0 bridgehead atoms. The molecule has 0 aliphatic carbocycles. The van der Waals surface area contributed by atoms with Gasteiger partial charge in [-0.1, -0.05) is 41.4 Å². The van der Waals surface area contributed by atoms with Crippen molar-refractivity contribution in [1.82, 2.24) is 10.6 Å². The summed E-state index contributed by atoms with van der Waals surface area (Å²) >= 11 is 11.9.